The summed E-state index contributed by atoms with van der Waals surface area (Å²) in [6, 6.07) is 8.28. The lowest BCUT2D eigenvalue weighted by Gasteiger charge is -2.12. The second-order valence-electron chi connectivity index (χ2n) is 3.93. The Hall–Kier alpha value is -2.27. The van der Waals surface area contributed by atoms with E-state index >= 15 is 0 Å². The number of methoxy groups -OCH3 is 1. The van der Waals surface area contributed by atoms with Crippen LogP contribution in [0.2, 0.25) is 5.02 Å². The highest BCUT2D eigenvalue weighted by molar-refractivity contribution is 6.33. The zero-order valence-electron chi connectivity index (χ0n) is 10.5. The molecule has 20 heavy (non-hydrogen) atoms. The number of esters is 1. The third-order valence-electron chi connectivity index (χ3n) is 2.49. The SMILES string of the molecule is COC(=O)c1cc(N)cc(Cl)c1Oc1cccc(F)c1. The molecule has 0 radical (unpaired) electrons. The number of ether oxygens (including phenoxy) is 2. The van der Waals surface area contributed by atoms with E-state index in [0.717, 1.165) is 0 Å². The topological polar surface area (TPSA) is 61.5 Å². The highest BCUT2D eigenvalue weighted by Gasteiger charge is 2.18. The first-order chi connectivity index (χ1) is 9.51. The summed E-state index contributed by atoms with van der Waals surface area (Å²) in [5.41, 5.74) is 6.00. The zero-order valence-corrected chi connectivity index (χ0v) is 11.3. The number of carbonyl (C=O) groups excluding carboxylic acids is 1. The molecule has 0 aliphatic heterocycles. The number of rotatable bonds is 3. The van der Waals surface area contributed by atoms with Crippen LogP contribution in [0.5, 0.6) is 11.5 Å². The van der Waals surface area contributed by atoms with Crippen LogP contribution in [0.25, 0.3) is 0 Å². The summed E-state index contributed by atoms with van der Waals surface area (Å²) < 4.78 is 23.2. The van der Waals surface area contributed by atoms with Crippen LogP contribution in [-0.4, -0.2) is 13.1 Å². The molecule has 0 heterocycles. The maximum absolute atomic E-state index is 13.1. The van der Waals surface area contributed by atoms with Crippen molar-refractivity contribution in [2.75, 3.05) is 12.8 Å². The largest absolute Gasteiger partial charge is 0.465 e. The van der Waals surface area contributed by atoms with Gasteiger partial charge < -0.3 is 15.2 Å². The van der Waals surface area contributed by atoms with Crippen molar-refractivity contribution in [3.8, 4) is 11.5 Å². The van der Waals surface area contributed by atoms with Gasteiger partial charge in [0.2, 0.25) is 0 Å². The third-order valence-corrected chi connectivity index (χ3v) is 2.77. The summed E-state index contributed by atoms with van der Waals surface area (Å²) in [5.74, 6) is -0.834. The van der Waals surface area contributed by atoms with Gasteiger partial charge in [0.25, 0.3) is 0 Å². The van der Waals surface area contributed by atoms with Gasteiger partial charge in [-0.1, -0.05) is 17.7 Å². The van der Waals surface area contributed by atoms with Crippen LogP contribution in [0.3, 0.4) is 0 Å². The molecular formula is C14H11ClFNO3. The Bertz CT molecular complexity index is 661. The summed E-state index contributed by atoms with van der Waals surface area (Å²) in [6.45, 7) is 0. The Kier molecular flexibility index (Phi) is 4.10. The van der Waals surface area contributed by atoms with Gasteiger partial charge in [0.05, 0.1) is 12.1 Å². The van der Waals surface area contributed by atoms with Crippen molar-refractivity contribution >= 4 is 23.3 Å². The molecule has 0 unspecified atom stereocenters. The quantitative estimate of drug-likeness (QED) is 0.693. The van der Waals surface area contributed by atoms with Crippen LogP contribution in [0, 0.1) is 5.82 Å². The first kappa shape index (κ1) is 14.1. The molecule has 0 fully saturated rings. The van der Waals surface area contributed by atoms with E-state index in [1.807, 2.05) is 0 Å². The van der Waals surface area contributed by atoms with Crippen molar-refractivity contribution in [1.82, 2.24) is 0 Å². The Morgan fingerprint density at radius 2 is 2.05 bits per heavy atom. The molecular weight excluding hydrogens is 285 g/mol. The molecule has 0 saturated carbocycles. The standard InChI is InChI=1S/C14H11ClFNO3/c1-19-14(18)11-6-9(17)7-12(15)13(11)20-10-4-2-3-8(16)5-10/h2-7H,17H2,1H3. The summed E-state index contributed by atoms with van der Waals surface area (Å²) >= 11 is 6.02. The number of hydrogen-bond donors (Lipinski definition) is 1. The van der Waals surface area contributed by atoms with Crippen molar-refractivity contribution in [3.63, 3.8) is 0 Å². The molecule has 0 aliphatic rings. The second-order valence-corrected chi connectivity index (χ2v) is 4.34. The number of nitrogens with two attached hydrogens (primary N) is 1. The molecule has 2 aromatic carbocycles. The molecule has 0 aromatic heterocycles. The van der Waals surface area contributed by atoms with E-state index in [2.05, 4.69) is 4.74 Å². The minimum Gasteiger partial charge on any atom is -0.465 e. The summed E-state index contributed by atoms with van der Waals surface area (Å²) in [7, 11) is 1.23. The molecule has 2 rings (SSSR count). The van der Waals surface area contributed by atoms with E-state index in [9.17, 15) is 9.18 Å². The number of benzene rings is 2. The van der Waals surface area contributed by atoms with E-state index in [4.69, 9.17) is 22.1 Å². The number of hydrogen-bond acceptors (Lipinski definition) is 4. The predicted octanol–water partition coefficient (Wildman–Crippen LogP) is 3.64. The number of carbonyl (C=O) groups is 1. The lowest BCUT2D eigenvalue weighted by molar-refractivity contribution is 0.0598. The van der Waals surface area contributed by atoms with Gasteiger partial charge in [-0.05, 0) is 24.3 Å². The molecule has 0 amide bonds. The molecule has 0 bridgehead atoms. The molecule has 2 N–H and O–H groups in total. The number of nitrogen functional groups attached to an aromatic ring is 1. The summed E-state index contributed by atoms with van der Waals surface area (Å²) in [4.78, 5) is 11.7. The molecule has 0 spiro atoms. The van der Waals surface area contributed by atoms with Crippen molar-refractivity contribution in [2.45, 2.75) is 0 Å². The van der Waals surface area contributed by atoms with Crippen LogP contribution >= 0.6 is 11.6 Å². The van der Waals surface area contributed by atoms with Crippen molar-refractivity contribution < 1.29 is 18.7 Å². The maximum Gasteiger partial charge on any atom is 0.341 e. The fourth-order valence-electron chi connectivity index (χ4n) is 1.63. The molecule has 0 saturated heterocycles. The summed E-state index contributed by atoms with van der Waals surface area (Å²) in [6.07, 6.45) is 0. The molecule has 6 heteroatoms. The van der Waals surface area contributed by atoms with E-state index in [1.54, 1.807) is 0 Å². The fourth-order valence-corrected chi connectivity index (χ4v) is 1.89. The van der Waals surface area contributed by atoms with Crippen LogP contribution < -0.4 is 10.5 Å². The van der Waals surface area contributed by atoms with Gasteiger partial charge >= 0.3 is 5.97 Å². The minimum atomic E-state index is -0.648. The van der Waals surface area contributed by atoms with Gasteiger partial charge in [0.15, 0.2) is 5.75 Å². The van der Waals surface area contributed by atoms with Crippen LogP contribution in [-0.2, 0) is 4.74 Å². The van der Waals surface area contributed by atoms with E-state index in [0.29, 0.717) is 5.69 Å². The normalized spacial score (nSPS) is 10.2. The molecule has 4 nitrogen and oxygen atoms in total. The van der Waals surface area contributed by atoms with Crippen LogP contribution in [0.4, 0.5) is 10.1 Å². The summed E-state index contributed by atoms with van der Waals surface area (Å²) in [5, 5.41) is 0.134. The minimum absolute atomic E-state index is 0.0679. The van der Waals surface area contributed by atoms with Crippen LogP contribution in [0.1, 0.15) is 10.4 Å². The molecule has 2 aromatic rings. The number of halogens is 2. The smallest absolute Gasteiger partial charge is 0.341 e. The first-order valence-corrected chi connectivity index (χ1v) is 6.00. The molecule has 0 atom stereocenters. The van der Waals surface area contributed by atoms with Gasteiger partial charge in [-0.3, -0.25) is 0 Å². The first-order valence-electron chi connectivity index (χ1n) is 5.62. The van der Waals surface area contributed by atoms with E-state index < -0.39 is 11.8 Å². The third kappa shape index (κ3) is 3.00. The average molecular weight is 296 g/mol. The van der Waals surface area contributed by atoms with E-state index in [1.165, 1.54) is 43.5 Å². The lowest BCUT2D eigenvalue weighted by atomic mass is 10.1. The van der Waals surface area contributed by atoms with Gasteiger partial charge in [-0.2, -0.15) is 0 Å². The van der Waals surface area contributed by atoms with Gasteiger partial charge in [0, 0.05) is 11.8 Å². The monoisotopic (exact) mass is 295 g/mol. The average Bonchev–Trinajstić information content (AvgIpc) is 2.40. The second kappa shape index (κ2) is 5.79. The van der Waals surface area contributed by atoms with E-state index in [-0.39, 0.29) is 22.1 Å². The Morgan fingerprint density at radius 1 is 1.30 bits per heavy atom. The van der Waals surface area contributed by atoms with Gasteiger partial charge in [0.1, 0.15) is 17.1 Å². The number of anilines is 1. The highest BCUT2D eigenvalue weighted by Crippen LogP contribution is 2.35. The molecule has 0 aliphatic carbocycles. The predicted molar refractivity (Wildman–Crippen MR) is 73.7 cm³/mol. The highest BCUT2D eigenvalue weighted by atomic mass is 35.5. The fraction of sp³-hybridized carbons (Fsp3) is 0.0714. The maximum atomic E-state index is 13.1. The van der Waals surface area contributed by atoms with Crippen molar-refractivity contribution in [2.24, 2.45) is 0 Å². The Balaban J connectivity index is 2.47. The molecule has 104 valence electrons. The Morgan fingerprint density at radius 3 is 2.70 bits per heavy atom. The van der Waals surface area contributed by atoms with Crippen LogP contribution in [0.15, 0.2) is 36.4 Å². The van der Waals surface area contributed by atoms with Crippen molar-refractivity contribution in [1.29, 1.82) is 0 Å². The van der Waals surface area contributed by atoms with Crippen molar-refractivity contribution in [3.05, 3.63) is 52.8 Å². The zero-order chi connectivity index (χ0) is 14.7. The lowest BCUT2D eigenvalue weighted by Crippen LogP contribution is -2.05. The van der Waals surface area contributed by atoms with Gasteiger partial charge in [-0.15, -0.1) is 0 Å². The van der Waals surface area contributed by atoms with Gasteiger partial charge in [-0.25, -0.2) is 9.18 Å². The Labute approximate surface area is 119 Å².